The summed E-state index contributed by atoms with van der Waals surface area (Å²) in [5, 5.41) is 7.73. The highest BCUT2D eigenvalue weighted by Gasteiger charge is 2.27. The zero-order valence-electron chi connectivity index (χ0n) is 18.6. The molecule has 2 aromatic heterocycles. The van der Waals surface area contributed by atoms with Crippen molar-refractivity contribution in [2.24, 2.45) is 5.92 Å². The Balaban J connectivity index is 0.00000289. The van der Waals surface area contributed by atoms with Gasteiger partial charge in [0.1, 0.15) is 9.83 Å². The van der Waals surface area contributed by atoms with Crippen molar-refractivity contribution in [3.8, 4) is 5.69 Å². The van der Waals surface area contributed by atoms with E-state index in [1.807, 2.05) is 6.07 Å². The van der Waals surface area contributed by atoms with E-state index in [1.54, 1.807) is 54.6 Å². The fourth-order valence-corrected chi connectivity index (χ4v) is 5.72. The van der Waals surface area contributed by atoms with Crippen LogP contribution in [0.15, 0.2) is 71.5 Å². The number of hydrogen-bond donors (Lipinski definition) is 2. The van der Waals surface area contributed by atoms with Crippen molar-refractivity contribution in [3.05, 3.63) is 93.2 Å². The fourth-order valence-electron chi connectivity index (χ4n) is 4.29. The lowest BCUT2D eigenvalue weighted by Gasteiger charge is -2.21. The van der Waals surface area contributed by atoms with Crippen LogP contribution in [0.25, 0.3) is 15.9 Å². The molecule has 1 amide bonds. The minimum atomic E-state index is -0.267. The summed E-state index contributed by atoms with van der Waals surface area (Å²) in [5.74, 6) is -0.449. The molecule has 1 fully saturated rings. The average Bonchev–Trinajstić information content (AvgIpc) is 3.23. The first kappa shape index (κ1) is 25.1. The van der Waals surface area contributed by atoms with E-state index in [-0.39, 0.29) is 35.6 Å². The van der Waals surface area contributed by atoms with E-state index >= 15 is 0 Å². The Morgan fingerprint density at radius 2 is 1.66 bits per heavy atom. The fraction of sp³-hybridized carbons (Fsp3) is 0.192. The van der Waals surface area contributed by atoms with Crippen molar-refractivity contribution in [2.45, 2.75) is 12.8 Å². The van der Waals surface area contributed by atoms with Gasteiger partial charge in [0, 0.05) is 22.9 Å². The Morgan fingerprint density at radius 3 is 2.37 bits per heavy atom. The zero-order chi connectivity index (χ0) is 23.7. The number of anilines is 1. The van der Waals surface area contributed by atoms with Crippen LogP contribution in [0.3, 0.4) is 0 Å². The van der Waals surface area contributed by atoms with Gasteiger partial charge in [-0.15, -0.1) is 12.4 Å². The minimum absolute atomic E-state index is 0. The summed E-state index contributed by atoms with van der Waals surface area (Å²) in [4.78, 5) is 40.2. The standard InChI is InChI=1S/C26H22ClN3O3S.ClH/c27-19-8-4-5-9-20(19)30-21(31)11-10-18-22(23(32)16-6-2-1-3-7-16)25(34-26(18)30)29-24(33)17-12-14-28-15-13-17;/h1-11,17,28H,12-15H2,(H,29,33);1H. The predicted molar refractivity (Wildman–Crippen MR) is 144 cm³/mol. The Kier molecular flexibility index (Phi) is 7.72. The summed E-state index contributed by atoms with van der Waals surface area (Å²) >= 11 is 7.64. The van der Waals surface area contributed by atoms with Gasteiger partial charge >= 0.3 is 0 Å². The van der Waals surface area contributed by atoms with Crippen LogP contribution in [-0.4, -0.2) is 29.3 Å². The molecule has 180 valence electrons. The first-order valence-electron chi connectivity index (χ1n) is 11.1. The molecular weight excluding hydrogens is 505 g/mol. The quantitative estimate of drug-likeness (QED) is 0.345. The molecule has 0 aliphatic carbocycles. The molecule has 0 unspecified atom stereocenters. The van der Waals surface area contributed by atoms with Crippen molar-refractivity contribution in [1.29, 1.82) is 0 Å². The minimum Gasteiger partial charge on any atom is -0.317 e. The third-order valence-corrected chi connectivity index (χ3v) is 7.47. The summed E-state index contributed by atoms with van der Waals surface area (Å²) in [5.41, 5.74) is 1.15. The van der Waals surface area contributed by atoms with Crippen LogP contribution >= 0.6 is 35.3 Å². The molecule has 4 aromatic rings. The van der Waals surface area contributed by atoms with Gasteiger partial charge in [0.05, 0.1) is 16.3 Å². The van der Waals surface area contributed by atoms with Crippen LogP contribution in [-0.2, 0) is 4.79 Å². The summed E-state index contributed by atoms with van der Waals surface area (Å²) < 4.78 is 1.50. The monoisotopic (exact) mass is 527 g/mol. The number of carbonyl (C=O) groups is 2. The van der Waals surface area contributed by atoms with Crippen LogP contribution in [0.4, 0.5) is 5.00 Å². The smallest absolute Gasteiger partial charge is 0.256 e. The lowest BCUT2D eigenvalue weighted by molar-refractivity contribution is -0.120. The van der Waals surface area contributed by atoms with Gasteiger partial charge in [-0.05, 0) is 44.1 Å². The summed E-state index contributed by atoms with van der Waals surface area (Å²) in [6.07, 6.45) is 1.48. The Labute approximate surface area is 217 Å². The van der Waals surface area contributed by atoms with Crippen LogP contribution < -0.4 is 16.2 Å². The largest absolute Gasteiger partial charge is 0.317 e. The van der Waals surface area contributed by atoms with Gasteiger partial charge in [-0.2, -0.15) is 0 Å². The van der Waals surface area contributed by atoms with E-state index in [2.05, 4.69) is 10.6 Å². The van der Waals surface area contributed by atoms with E-state index in [4.69, 9.17) is 11.6 Å². The maximum atomic E-state index is 13.6. The molecule has 6 nitrogen and oxygen atoms in total. The molecule has 0 atom stereocenters. The van der Waals surface area contributed by atoms with Crippen LogP contribution in [0.1, 0.15) is 28.8 Å². The molecule has 1 saturated heterocycles. The second-order valence-corrected chi connectivity index (χ2v) is 9.60. The number of hydrogen-bond acceptors (Lipinski definition) is 5. The number of fused-ring (bicyclic) bond motifs is 1. The molecule has 1 aliphatic rings. The Morgan fingerprint density at radius 1 is 0.971 bits per heavy atom. The summed E-state index contributed by atoms with van der Waals surface area (Å²) in [6, 6.07) is 19.1. The van der Waals surface area contributed by atoms with Crippen molar-refractivity contribution in [1.82, 2.24) is 9.88 Å². The molecule has 3 heterocycles. The van der Waals surface area contributed by atoms with Gasteiger partial charge in [-0.1, -0.05) is 65.4 Å². The number of aromatic nitrogens is 1. The number of nitrogens with one attached hydrogen (secondary N) is 2. The second kappa shape index (κ2) is 10.7. The summed E-state index contributed by atoms with van der Waals surface area (Å²) in [7, 11) is 0. The van der Waals surface area contributed by atoms with E-state index in [1.165, 1.54) is 22.0 Å². The zero-order valence-corrected chi connectivity index (χ0v) is 21.0. The third-order valence-electron chi connectivity index (χ3n) is 6.04. The SMILES string of the molecule is Cl.O=C(c1ccccc1)c1c(NC(=O)C2CCNCC2)sc2c1ccc(=O)n2-c1ccccc1Cl. The highest BCUT2D eigenvalue weighted by molar-refractivity contribution is 7.23. The molecule has 2 N–H and O–H groups in total. The molecule has 2 aromatic carbocycles. The number of pyridine rings is 1. The van der Waals surface area contributed by atoms with Crippen LogP contribution in [0, 0.1) is 5.92 Å². The highest BCUT2D eigenvalue weighted by Crippen LogP contribution is 2.38. The number of ketones is 1. The number of piperidine rings is 1. The van der Waals surface area contributed by atoms with Crippen molar-refractivity contribution >= 4 is 62.3 Å². The van der Waals surface area contributed by atoms with Crippen LogP contribution in [0.5, 0.6) is 0 Å². The second-order valence-electron chi connectivity index (χ2n) is 8.19. The Bertz CT molecular complexity index is 1440. The van der Waals surface area contributed by atoms with Gasteiger partial charge in [0.2, 0.25) is 5.91 Å². The van der Waals surface area contributed by atoms with E-state index in [0.29, 0.717) is 37.1 Å². The molecule has 0 saturated carbocycles. The third kappa shape index (κ3) is 4.90. The molecule has 1 aliphatic heterocycles. The van der Waals surface area contributed by atoms with Gasteiger partial charge in [0.25, 0.3) is 5.56 Å². The topological polar surface area (TPSA) is 80.2 Å². The predicted octanol–water partition coefficient (Wildman–Crippen LogP) is 5.30. The lowest BCUT2D eigenvalue weighted by atomic mass is 9.97. The first-order valence-corrected chi connectivity index (χ1v) is 12.3. The molecule has 9 heteroatoms. The maximum Gasteiger partial charge on any atom is 0.256 e. The Hall–Kier alpha value is -2.97. The van der Waals surface area contributed by atoms with E-state index in [0.717, 1.165) is 25.9 Å². The number of para-hydroxylation sites is 1. The van der Waals surface area contributed by atoms with Gasteiger partial charge in [-0.25, -0.2) is 0 Å². The molecule has 0 bridgehead atoms. The van der Waals surface area contributed by atoms with Crippen molar-refractivity contribution < 1.29 is 9.59 Å². The first-order chi connectivity index (χ1) is 16.5. The summed E-state index contributed by atoms with van der Waals surface area (Å²) in [6.45, 7) is 1.57. The van der Waals surface area contributed by atoms with Crippen molar-refractivity contribution in [3.63, 3.8) is 0 Å². The average molecular weight is 528 g/mol. The van der Waals surface area contributed by atoms with Gasteiger partial charge in [0.15, 0.2) is 5.78 Å². The number of carbonyl (C=O) groups excluding carboxylic acids is 2. The van der Waals surface area contributed by atoms with E-state index < -0.39 is 0 Å². The van der Waals surface area contributed by atoms with Crippen molar-refractivity contribution in [2.75, 3.05) is 18.4 Å². The van der Waals surface area contributed by atoms with Gasteiger partial charge < -0.3 is 10.6 Å². The number of rotatable bonds is 5. The van der Waals surface area contributed by atoms with E-state index in [9.17, 15) is 14.4 Å². The number of nitrogens with zero attached hydrogens (tertiary/aromatic N) is 1. The van der Waals surface area contributed by atoms with Gasteiger partial charge in [-0.3, -0.25) is 19.0 Å². The molecular formula is C26H23Cl2N3O3S. The van der Waals surface area contributed by atoms with Crippen LogP contribution in [0.2, 0.25) is 5.02 Å². The highest BCUT2D eigenvalue weighted by atomic mass is 35.5. The molecule has 5 rings (SSSR count). The maximum absolute atomic E-state index is 13.6. The lowest BCUT2D eigenvalue weighted by Crippen LogP contribution is -2.34. The number of halogens is 2. The number of benzene rings is 2. The molecule has 35 heavy (non-hydrogen) atoms. The normalized spacial score (nSPS) is 13.9. The molecule has 0 spiro atoms. The molecule has 0 radical (unpaired) electrons. The number of amides is 1. The number of thiophene rings is 1.